The fourth-order valence-electron chi connectivity index (χ4n) is 3.79. The summed E-state index contributed by atoms with van der Waals surface area (Å²) in [5.41, 5.74) is 4.18. The molecule has 0 fully saturated rings. The van der Waals surface area contributed by atoms with Gasteiger partial charge >= 0.3 is 0 Å². The molecule has 0 unspecified atom stereocenters. The van der Waals surface area contributed by atoms with Crippen LogP contribution in [0.4, 0.5) is 5.69 Å². The van der Waals surface area contributed by atoms with Crippen molar-refractivity contribution in [1.29, 1.82) is 0 Å². The molecule has 6 nitrogen and oxygen atoms in total. The molecule has 2 N–H and O–H groups in total. The normalized spacial score (nSPS) is 13.2. The highest BCUT2D eigenvalue weighted by atomic mass is 32.1. The fourth-order valence-corrected chi connectivity index (χ4v) is 4.52. The van der Waals surface area contributed by atoms with Gasteiger partial charge in [0.25, 0.3) is 5.56 Å². The summed E-state index contributed by atoms with van der Waals surface area (Å²) in [5, 5.41) is 4.88. The standard InChI is InChI=1S/C21H24N4O2S/c1-2-9-25(12-18-23-17-8-10-28-20(17)21(27)24-18)13-19(26)22-16-7-6-14-4-3-5-15(14)11-16/h6-8,10-11H,2-5,9,12-13H2,1H3,(H,22,26)(H,23,24,27). The van der Waals surface area contributed by atoms with Crippen molar-refractivity contribution in [2.24, 2.45) is 0 Å². The zero-order chi connectivity index (χ0) is 19.5. The fraction of sp³-hybridized carbons (Fsp3) is 0.381. The van der Waals surface area contributed by atoms with Crippen molar-refractivity contribution in [3.8, 4) is 0 Å². The van der Waals surface area contributed by atoms with Crippen molar-refractivity contribution < 1.29 is 4.79 Å². The third kappa shape index (κ3) is 4.15. The van der Waals surface area contributed by atoms with Crippen LogP contribution >= 0.6 is 11.3 Å². The number of benzene rings is 1. The highest BCUT2D eigenvalue weighted by molar-refractivity contribution is 7.17. The number of hydrogen-bond acceptors (Lipinski definition) is 5. The second kappa shape index (κ2) is 8.24. The summed E-state index contributed by atoms with van der Waals surface area (Å²) in [6, 6.07) is 8.04. The van der Waals surface area contributed by atoms with Gasteiger partial charge in [0.05, 0.1) is 18.6 Å². The van der Waals surface area contributed by atoms with Crippen LogP contribution in [0.2, 0.25) is 0 Å². The van der Waals surface area contributed by atoms with Gasteiger partial charge in [-0.2, -0.15) is 0 Å². The Morgan fingerprint density at radius 2 is 2.14 bits per heavy atom. The van der Waals surface area contributed by atoms with E-state index in [2.05, 4.69) is 34.3 Å². The summed E-state index contributed by atoms with van der Waals surface area (Å²) >= 11 is 1.39. The summed E-state index contributed by atoms with van der Waals surface area (Å²) in [6.45, 7) is 3.52. The average Bonchev–Trinajstić information content (AvgIpc) is 3.30. The number of aryl methyl sites for hydroxylation is 2. The molecule has 2 heterocycles. The molecule has 3 aromatic rings. The molecule has 1 aromatic carbocycles. The Morgan fingerprint density at radius 1 is 1.29 bits per heavy atom. The van der Waals surface area contributed by atoms with E-state index in [-0.39, 0.29) is 18.0 Å². The maximum atomic E-state index is 12.6. The average molecular weight is 397 g/mol. The van der Waals surface area contributed by atoms with E-state index in [0.29, 0.717) is 22.6 Å². The zero-order valence-electron chi connectivity index (χ0n) is 16.0. The van der Waals surface area contributed by atoms with E-state index in [1.54, 1.807) is 0 Å². The number of nitrogens with one attached hydrogen (secondary N) is 2. The number of amides is 1. The van der Waals surface area contributed by atoms with Crippen molar-refractivity contribution in [2.75, 3.05) is 18.4 Å². The Kier molecular flexibility index (Phi) is 5.54. The largest absolute Gasteiger partial charge is 0.325 e. The summed E-state index contributed by atoms with van der Waals surface area (Å²) in [6.07, 6.45) is 4.33. The lowest BCUT2D eigenvalue weighted by Crippen LogP contribution is -2.34. The molecule has 0 spiro atoms. The van der Waals surface area contributed by atoms with Crippen LogP contribution in [0.5, 0.6) is 0 Å². The maximum absolute atomic E-state index is 12.6. The third-order valence-electron chi connectivity index (χ3n) is 5.03. The van der Waals surface area contributed by atoms with E-state index in [1.807, 2.05) is 22.4 Å². The SMILES string of the molecule is CCCN(CC(=O)Nc1ccc2c(c1)CCC2)Cc1nc2ccsc2c(=O)[nH]1. The quantitative estimate of drug-likeness (QED) is 0.642. The molecule has 7 heteroatoms. The highest BCUT2D eigenvalue weighted by Crippen LogP contribution is 2.24. The van der Waals surface area contributed by atoms with Crippen LogP contribution in [0.3, 0.4) is 0 Å². The van der Waals surface area contributed by atoms with Crippen LogP contribution < -0.4 is 10.9 Å². The molecule has 0 atom stereocenters. The topological polar surface area (TPSA) is 78.1 Å². The number of carbonyl (C=O) groups is 1. The first-order valence-corrected chi connectivity index (χ1v) is 10.6. The minimum atomic E-state index is -0.117. The van der Waals surface area contributed by atoms with Gasteiger partial charge in [-0.15, -0.1) is 11.3 Å². The predicted octanol–water partition coefficient (Wildman–Crippen LogP) is 3.32. The number of nitrogens with zero attached hydrogens (tertiary/aromatic N) is 2. The van der Waals surface area contributed by atoms with Gasteiger partial charge in [-0.25, -0.2) is 4.98 Å². The number of anilines is 1. The number of fused-ring (bicyclic) bond motifs is 2. The van der Waals surface area contributed by atoms with E-state index in [4.69, 9.17) is 0 Å². The van der Waals surface area contributed by atoms with E-state index >= 15 is 0 Å². The van der Waals surface area contributed by atoms with Crippen LogP contribution in [0.1, 0.15) is 36.7 Å². The molecule has 1 aliphatic rings. The summed E-state index contributed by atoms with van der Waals surface area (Å²) in [7, 11) is 0. The number of thiophene rings is 1. The van der Waals surface area contributed by atoms with Gasteiger partial charge in [0.2, 0.25) is 5.91 Å². The first kappa shape index (κ1) is 18.8. The molecule has 1 amide bonds. The molecule has 0 aliphatic heterocycles. The Hall–Kier alpha value is -2.51. The number of rotatable bonds is 7. The molecule has 0 saturated heterocycles. The molecule has 2 aromatic heterocycles. The van der Waals surface area contributed by atoms with Gasteiger partial charge < -0.3 is 10.3 Å². The summed E-state index contributed by atoms with van der Waals surface area (Å²) in [4.78, 5) is 34.1. The first-order valence-electron chi connectivity index (χ1n) is 9.73. The number of H-pyrrole nitrogens is 1. The third-order valence-corrected chi connectivity index (χ3v) is 5.93. The van der Waals surface area contributed by atoms with Crippen molar-refractivity contribution in [3.05, 3.63) is 57.0 Å². The summed E-state index contributed by atoms with van der Waals surface area (Å²) in [5.74, 6) is 0.542. The van der Waals surface area contributed by atoms with Gasteiger partial charge in [-0.05, 0) is 66.9 Å². The molecular weight excluding hydrogens is 372 g/mol. The Bertz CT molecular complexity index is 1060. The lowest BCUT2D eigenvalue weighted by molar-refractivity contribution is -0.117. The molecule has 146 valence electrons. The molecule has 0 saturated carbocycles. The number of hydrogen-bond donors (Lipinski definition) is 2. The van der Waals surface area contributed by atoms with E-state index in [0.717, 1.165) is 31.5 Å². The van der Waals surface area contributed by atoms with Crippen molar-refractivity contribution in [1.82, 2.24) is 14.9 Å². The van der Waals surface area contributed by atoms with Crippen LogP contribution in [0, 0.1) is 0 Å². The van der Waals surface area contributed by atoms with Gasteiger partial charge in [-0.3, -0.25) is 14.5 Å². The lowest BCUT2D eigenvalue weighted by atomic mass is 10.1. The molecule has 0 radical (unpaired) electrons. The van der Waals surface area contributed by atoms with E-state index < -0.39 is 0 Å². The summed E-state index contributed by atoms with van der Waals surface area (Å²) < 4.78 is 0.639. The second-order valence-corrected chi connectivity index (χ2v) is 8.16. The molecule has 28 heavy (non-hydrogen) atoms. The minimum absolute atomic E-state index is 0.0506. The number of aromatic amines is 1. The maximum Gasteiger partial charge on any atom is 0.268 e. The van der Waals surface area contributed by atoms with Crippen molar-refractivity contribution in [2.45, 2.75) is 39.2 Å². The number of aromatic nitrogens is 2. The highest BCUT2D eigenvalue weighted by Gasteiger charge is 2.15. The zero-order valence-corrected chi connectivity index (χ0v) is 16.8. The molecule has 0 bridgehead atoms. The second-order valence-electron chi connectivity index (χ2n) is 7.24. The van der Waals surface area contributed by atoms with Gasteiger partial charge in [0.1, 0.15) is 10.5 Å². The lowest BCUT2D eigenvalue weighted by Gasteiger charge is -2.20. The van der Waals surface area contributed by atoms with Crippen LogP contribution in [-0.2, 0) is 24.2 Å². The monoisotopic (exact) mass is 396 g/mol. The number of carbonyl (C=O) groups excluding carboxylic acids is 1. The molecule has 1 aliphatic carbocycles. The smallest absolute Gasteiger partial charge is 0.268 e. The molecule has 4 rings (SSSR count). The van der Waals surface area contributed by atoms with Crippen LogP contribution in [0.25, 0.3) is 10.2 Å². The van der Waals surface area contributed by atoms with Gasteiger partial charge in [-0.1, -0.05) is 13.0 Å². The van der Waals surface area contributed by atoms with Crippen LogP contribution in [0.15, 0.2) is 34.4 Å². The Morgan fingerprint density at radius 3 is 3.00 bits per heavy atom. The van der Waals surface area contributed by atoms with Gasteiger partial charge in [0.15, 0.2) is 0 Å². The van der Waals surface area contributed by atoms with E-state index in [1.165, 1.54) is 28.9 Å². The molecular formula is C21H24N4O2S. The Labute approximate surface area is 167 Å². The van der Waals surface area contributed by atoms with Crippen molar-refractivity contribution in [3.63, 3.8) is 0 Å². The predicted molar refractivity (Wildman–Crippen MR) is 113 cm³/mol. The minimum Gasteiger partial charge on any atom is -0.325 e. The first-order chi connectivity index (χ1) is 13.6. The van der Waals surface area contributed by atoms with Gasteiger partial charge in [0, 0.05) is 5.69 Å². The van der Waals surface area contributed by atoms with Crippen molar-refractivity contribution >= 4 is 33.1 Å². The van der Waals surface area contributed by atoms with E-state index in [9.17, 15) is 9.59 Å². The Balaban J connectivity index is 1.43. The van der Waals surface area contributed by atoms with Crippen LogP contribution in [-0.4, -0.2) is 33.9 Å².